The van der Waals surface area contributed by atoms with Crippen LogP contribution < -0.4 is 0 Å². The SMILES string of the molecule is CCOCC.Cc1ccc(C(C)C)c(O)c1. The predicted octanol–water partition coefficient (Wildman–Crippen LogP) is 3.87. The van der Waals surface area contributed by atoms with Crippen molar-refractivity contribution in [3.05, 3.63) is 29.3 Å². The molecule has 0 heterocycles. The molecule has 0 unspecified atom stereocenters. The summed E-state index contributed by atoms with van der Waals surface area (Å²) in [5.41, 5.74) is 2.13. The van der Waals surface area contributed by atoms with Crippen molar-refractivity contribution in [2.45, 2.75) is 40.5 Å². The van der Waals surface area contributed by atoms with Gasteiger partial charge in [0.2, 0.25) is 0 Å². The monoisotopic (exact) mass is 224 g/mol. The highest BCUT2D eigenvalue weighted by Crippen LogP contribution is 2.25. The van der Waals surface area contributed by atoms with Crippen LogP contribution in [-0.4, -0.2) is 18.3 Å². The maximum Gasteiger partial charge on any atom is 0.119 e. The highest BCUT2D eigenvalue weighted by atomic mass is 16.5. The van der Waals surface area contributed by atoms with E-state index >= 15 is 0 Å². The summed E-state index contributed by atoms with van der Waals surface area (Å²) in [7, 11) is 0. The average molecular weight is 224 g/mol. The van der Waals surface area contributed by atoms with Gasteiger partial charge in [-0.05, 0) is 43.9 Å². The molecular weight excluding hydrogens is 200 g/mol. The fourth-order valence-electron chi connectivity index (χ4n) is 1.35. The molecule has 0 aliphatic carbocycles. The number of phenolic OH excluding ortho intramolecular Hbond substituents is 1. The molecule has 1 N–H and O–H groups in total. The van der Waals surface area contributed by atoms with Gasteiger partial charge >= 0.3 is 0 Å². The Morgan fingerprint density at radius 3 is 2.06 bits per heavy atom. The number of rotatable bonds is 3. The van der Waals surface area contributed by atoms with E-state index in [9.17, 15) is 5.11 Å². The minimum atomic E-state index is 0.399. The van der Waals surface area contributed by atoms with Gasteiger partial charge in [0.15, 0.2) is 0 Å². The van der Waals surface area contributed by atoms with Crippen LogP contribution >= 0.6 is 0 Å². The van der Waals surface area contributed by atoms with Gasteiger partial charge in [-0.1, -0.05) is 26.0 Å². The Hall–Kier alpha value is -1.02. The molecule has 0 amide bonds. The summed E-state index contributed by atoms with van der Waals surface area (Å²) in [6.07, 6.45) is 0. The Labute approximate surface area is 99.3 Å². The molecule has 1 aromatic rings. The molecule has 1 aromatic carbocycles. The number of ether oxygens (including phenoxy) is 1. The lowest BCUT2D eigenvalue weighted by molar-refractivity contribution is 0.162. The van der Waals surface area contributed by atoms with Gasteiger partial charge in [-0.25, -0.2) is 0 Å². The van der Waals surface area contributed by atoms with E-state index in [1.165, 1.54) is 0 Å². The third-order valence-corrected chi connectivity index (χ3v) is 2.22. The van der Waals surface area contributed by atoms with Crippen LogP contribution in [0, 0.1) is 6.92 Å². The summed E-state index contributed by atoms with van der Waals surface area (Å²) in [5, 5.41) is 9.46. The van der Waals surface area contributed by atoms with Crippen LogP contribution in [0.25, 0.3) is 0 Å². The summed E-state index contributed by atoms with van der Waals surface area (Å²) in [6, 6.07) is 5.81. The Bertz CT molecular complexity index is 291. The van der Waals surface area contributed by atoms with Gasteiger partial charge < -0.3 is 9.84 Å². The largest absolute Gasteiger partial charge is 0.508 e. The van der Waals surface area contributed by atoms with Crippen LogP contribution in [-0.2, 0) is 4.74 Å². The molecule has 2 heteroatoms. The van der Waals surface area contributed by atoms with Crippen LogP contribution in [0.4, 0.5) is 0 Å². The molecule has 0 radical (unpaired) electrons. The first-order valence-electron chi connectivity index (χ1n) is 5.90. The lowest BCUT2D eigenvalue weighted by atomic mass is 10.0. The molecule has 92 valence electrons. The molecule has 0 spiro atoms. The Morgan fingerprint density at radius 1 is 1.19 bits per heavy atom. The van der Waals surface area contributed by atoms with E-state index in [0.717, 1.165) is 24.3 Å². The van der Waals surface area contributed by atoms with Gasteiger partial charge in [0.1, 0.15) is 5.75 Å². The van der Waals surface area contributed by atoms with Gasteiger partial charge in [0, 0.05) is 13.2 Å². The average Bonchev–Trinajstić information content (AvgIpc) is 2.19. The zero-order chi connectivity index (χ0) is 12.6. The molecule has 1 rings (SSSR count). The third kappa shape index (κ3) is 5.76. The number of hydrogen-bond acceptors (Lipinski definition) is 2. The topological polar surface area (TPSA) is 29.5 Å². The van der Waals surface area contributed by atoms with Crippen molar-refractivity contribution in [3.63, 3.8) is 0 Å². The molecule has 0 saturated carbocycles. The van der Waals surface area contributed by atoms with Gasteiger partial charge in [0.25, 0.3) is 0 Å². The second-order valence-corrected chi connectivity index (χ2v) is 4.00. The first-order valence-corrected chi connectivity index (χ1v) is 5.90. The lowest BCUT2D eigenvalue weighted by Gasteiger charge is -2.07. The molecule has 0 atom stereocenters. The molecule has 0 saturated heterocycles. The van der Waals surface area contributed by atoms with Crippen molar-refractivity contribution in [1.29, 1.82) is 0 Å². The normalized spacial score (nSPS) is 9.88. The van der Waals surface area contributed by atoms with Gasteiger partial charge in [-0.2, -0.15) is 0 Å². The smallest absolute Gasteiger partial charge is 0.119 e. The Kier molecular flexibility index (Phi) is 7.65. The number of phenols is 1. The van der Waals surface area contributed by atoms with E-state index in [0.29, 0.717) is 11.7 Å². The molecule has 0 fully saturated rings. The lowest BCUT2D eigenvalue weighted by Crippen LogP contribution is -1.87. The summed E-state index contributed by atoms with van der Waals surface area (Å²) in [5.74, 6) is 0.815. The maximum atomic E-state index is 9.46. The third-order valence-electron chi connectivity index (χ3n) is 2.22. The second-order valence-electron chi connectivity index (χ2n) is 4.00. The Balaban J connectivity index is 0.000000385. The van der Waals surface area contributed by atoms with Crippen molar-refractivity contribution in [2.24, 2.45) is 0 Å². The van der Waals surface area contributed by atoms with Crippen molar-refractivity contribution in [3.8, 4) is 5.75 Å². The highest BCUT2D eigenvalue weighted by molar-refractivity contribution is 5.37. The molecule has 0 aromatic heterocycles. The van der Waals surface area contributed by atoms with Gasteiger partial charge in [-0.3, -0.25) is 0 Å². The summed E-state index contributed by atoms with van der Waals surface area (Å²) in [4.78, 5) is 0. The van der Waals surface area contributed by atoms with Gasteiger partial charge in [0.05, 0.1) is 0 Å². The van der Waals surface area contributed by atoms with E-state index in [-0.39, 0.29) is 0 Å². The van der Waals surface area contributed by atoms with E-state index in [1.807, 2.05) is 32.9 Å². The zero-order valence-electron chi connectivity index (χ0n) is 11.1. The maximum absolute atomic E-state index is 9.46. The molecule has 0 aliphatic heterocycles. The van der Waals surface area contributed by atoms with Crippen molar-refractivity contribution in [1.82, 2.24) is 0 Å². The predicted molar refractivity (Wildman–Crippen MR) is 69.1 cm³/mol. The van der Waals surface area contributed by atoms with Gasteiger partial charge in [-0.15, -0.1) is 0 Å². The first-order chi connectivity index (χ1) is 7.52. The van der Waals surface area contributed by atoms with E-state index in [2.05, 4.69) is 13.8 Å². The second kappa shape index (κ2) is 8.17. The fourth-order valence-corrected chi connectivity index (χ4v) is 1.35. The number of aromatic hydroxyl groups is 1. The summed E-state index contributed by atoms with van der Waals surface area (Å²) in [6.45, 7) is 11.8. The molecule has 0 bridgehead atoms. The Morgan fingerprint density at radius 2 is 1.75 bits per heavy atom. The van der Waals surface area contributed by atoms with Crippen molar-refractivity contribution in [2.75, 3.05) is 13.2 Å². The van der Waals surface area contributed by atoms with E-state index in [1.54, 1.807) is 6.07 Å². The highest BCUT2D eigenvalue weighted by Gasteiger charge is 2.03. The standard InChI is InChI=1S/C10H14O.C4H10O/c1-7(2)9-5-4-8(3)6-10(9)11;1-3-5-4-2/h4-7,11H,1-3H3;3-4H2,1-2H3. The fraction of sp³-hybridized carbons (Fsp3) is 0.571. The van der Waals surface area contributed by atoms with E-state index in [4.69, 9.17) is 4.74 Å². The van der Waals surface area contributed by atoms with Crippen LogP contribution in [0.2, 0.25) is 0 Å². The van der Waals surface area contributed by atoms with Crippen LogP contribution in [0.5, 0.6) is 5.75 Å². The number of aryl methyl sites for hydroxylation is 1. The minimum absolute atomic E-state index is 0.399. The minimum Gasteiger partial charge on any atom is -0.508 e. The first kappa shape index (κ1) is 15.0. The van der Waals surface area contributed by atoms with Crippen LogP contribution in [0.1, 0.15) is 44.7 Å². The quantitative estimate of drug-likeness (QED) is 0.844. The number of benzene rings is 1. The van der Waals surface area contributed by atoms with Crippen molar-refractivity contribution < 1.29 is 9.84 Å². The van der Waals surface area contributed by atoms with Crippen LogP contribution in [0.15, 0.2) is 18.2 Å². The molecule has 2 nitrogen and oxygen atoms in total. The summed E-state index contributed by atoms with van der Waals surface area (Å²) >= 11 is 0. The number of hydrogen-bond donors (Lipinski definition) is 1. The zero-order valence-corrected chi connectivity index (χ0v) is 11.1. The van der Waals surface area contributed by atoms with Crippen LogP contribution in [0.3, 0.4) is 0 Å². The molecular formula is C14H24O2. The molecule has 0 aliphatic rings. The van der Waals surface area contributed by atoms with E-state index < -0.39 is 0 Å². The summed E-state index contributed by atoms with van der Waals surface area (Å²) < 4.78 is 4.83. The molecule has 16 heavy (non-hydrogen) atoms. The van der Waals surface area contributed by atoms with Crippen molar-refractivity contribution >= 4 is 0 Å².